The molecule has 0 N–H and O–H groups in total. The first-order valence-corrected chi connectivity index (χ1v) is 9.11. The van der Waals surface area contributed by atoms with E-state index in [9.17, 15) is 4.39 Å². The van der Waals surface area contributed by atoms with Crippen LogP contribution in [0.15, 0.2) is 18.2 Å². The van der Waals surface area contributed by atoms with Gasteiger partial charge in [-0.25, -0.2) is 4.39 Å². The van der Waals surface area contributed by atoms with E-state index in [1.165, 1.54) is 51.0 Å². The molecule has 1 rings (SSSR count). The summed E-state index contributed by atoms with van der Waals surface area (Å²) in [6.45, 7) is 6.90. The second kappa shape index (κ2) is 10.9. The Labute approximate surface area is 147 Å². The summed E-state index contributed by atoms with van der Waals surface area (Å²) in [5.41, 5.74) is 1.01. The van der Waals surface area contributed by atoms with Gasteiger partial charge < -0.3 is 0 Å². The second-order valence-corrected chi connectivity index (χ2v) is 7.61. The molecule has 2 heteroatoms. The molecule has 0 atom stereocenters. The lowest BCUT2D eigenvalue weighted by Gasteiger charge is -2.17. The van der Waals surface area contributed by atoms with Gasteiger partial charge in [-0.1, -0.05) is 77.2 Å². The molecular formula is C22H30FN. The third kappa shape index (κ3) is 8.73. The van der Waals surface area contributed by atoms with Crippen molar-refractivity contribution in [2.75, 3.05) is 0 Å². The lowest BCUT2D eigenvalue weighted by atomic mass is 9.89. The largest absolute Gasteiger partial charge is 0.206 e. The maximum absolute atomic E-state index is 13.6. The molecular weight excluding hydrogens is 297 g/mol. The average molecular weight is 327 g/mol. The molecule has 0 bridgehead atoms. The summed E-state index contributed by atoms with van der Waals surface area (Å²) >= 11 is 0. The Kier molecular flexibility index (Phi) is 9.18. The second-order valence-electron chi connectivity index (χ2n) is 7.61. The summed E-state index contributed by atoms with van der Waals surface area (Å²) < 4.78 is 13.6. The van der Waals surface area contributed by atoms with E-state index in [2.05, 4.69) is 32.6 Å². The first-order valence-electron chi connectivity index (χ1n) is 9.11. The zero-order chi connectivity index (χ0) is 17.8. The molecule has 0 fully saturated rings. The van der Waals surface area contributed by atoms with E-state index in [0.717, 1.165) is 12.8 Å². The molecule has 0 aliphatic rings. The Morgan fingerprint density at radius 3 is 2.21 bits per heavy atom. The van der Waals surface area contributed by atoms with Crippen LogP contribution in [0.25, 0.3) is 0 Å². The summed E-state index contributed by atoms with van der Waals surface area (Å²) in [4.78, 5) is 0. The van der Waals surface area contributed by atoms with E-state index in [0.29, 0.717) is 11.0 Å². The Morgan fingerprint density at radius 1 is 0.958 bits per heavy atom. The monoisotopic (exact) mass is 327 g/mol. The average Bonchev–Trinajstić information content (AvgIpc) is 2.52. The van der Waals surface area contributed by atoms with Crippen molar-refractivity contribution in [1.82, 2.24) is 0 Å². The minimum absolute atomic E-state index is 0.235. The summed E-state index contributed by atoms with van der Waals surface area (Å²) in [5.74, 6) is 5.42. The Morgan fingerprint density at radius 2 is 1.58 bits per heavy atom. The van der Waals surface area contributed by atoms with Crippen LogP contribution in [-0.4, -0.2) is 0 Å². The van der Waals surface area contributed by atoms with Gasteiger partial charge in [0.1, 0.15) is 11.9 Å². The van der Waals surface area contributed by atoms with Crippen molar-refractivity contribution in [3.63, 3.8) is 0 Å². The number of rotatable bonds is 8. The molecule has 0 spiro atoms. The molecule has 0 aliphatic carbocycles. The summed E-state index contributed by atoms with van der Waals surface area (Å²) in [6.07, 6.45) is 10.8. The van der Waals surface area contributed by atoms with Crippen molar-refractivity contribution in [2.45, 2.75) is 78.6 Å². The normalized spacial score (nSPS) is 10.8. The van der Waals surface area contributed by atoms with Crippen LogP contribution in [0.4, 0.5) is 4.39 Å². The van der Waals surface area contributed by atoms with Crippen LogP contribution < -0.4 is 0 Å². The predicted octanol–water partition coefficient (Wildman–Crippen LogP) is 6.61. The van der Waals surface area contributed by atoms with Crippen molar-refractivity contribution in [3.8, 4) is 17.9 Å². The van der Waals surface area contributed by atoms with Crippen LogP contribution in [-0.2, 0) is 0 Å². The lowest BCUT2D eigenvalue weighted by Crippen LogP contribution is -2.03. The van der Waals surface area contributed by atoms with Crippen LogP contribution in [0.2, 0.25) is 0 Å². The minimum Gasteiger partial charge on any atom is -0.206 e. The van der Waals surface area contributed by atoms with Crippen molar-refractivity contribution in [2.24, 2.45) is 5.41 Å². The fourth-order valence-corrected chi connectivity index (χ4v) is 2.65. The predicted molar refractivity (Wildman–Crippen MR) is 99.0 cm³/mol. The quantitative estimate of drug-likeness (QED) is 0.389. The lowest BCUT2D eigenvalue weighted by molar-refractivity contribution is 0.356. The number of nitrogens with zero attached hydrogens (tertiary/aromatic N) is 1. The van der Waals surface area contributed by atoms with Crippen LogP contribution in [0.1, 0.15) is 89.7 Å². The van der Waals surface area contributed by atoms with Crippen molar-refractivity contribution < 1.29 is 4.39 Å². The van der Waals surface area contributed by atoms with E-state index in [1.54, 1.807) is 12.1 Å². The standard InChI is InChI=1S/C22H30FN/c1-22(2,3)17-12-10-8-6-4-5-7-9-11-15-20-19(18-24)14-13-16-21(20)23/h13-14,16H,4-10,12,17H2,1-3H3. The Bertz CT molecular complexity index is 593. The van der Waals surface area contributed by atoms with Gasteiger partial charge in [-0.15, -0.1) is 0 Å². The molecule has 0 heterocycles. The van der Waals surface area contributed by atoms with Crippen LogP contribution >= 0.6 is 0 Å². The number of halogens is 1. The fraction of sp³-hybridized carbons (Fsp3) is 0.591. The first kappa shape index (κ1) is 20.2. The maximum Gasteiger partial charge on any atom is 0.140 e. The zero-order valence-electron chi connectivity index (χ0n) is 15.4. The number of hydrogen-bond acceptors (Lipinski definition) is 1. The SMILES string of the molecule is CC(C)(C)CCCCCCCCCC#Cc1c(F)cccc1C#N. The maximum atomic E-state index is 13.6. The van der Waals surface area contributed by atoms with Gasteiger partial charge in [0, 0.05) is 6.42 Å². The van der Waals surface area contributed by atoms with E-state index < -0.39 is 5.82 Å². The highest BCUT2D eigenvalue weighted by Gasteiger charge is 2.08. The molecule has 130 valence electrons. The van der Waals surface area contributed by atoms with E-state index in [-0.39, 0.29) is 5.56 Å². The molecule has 0 aliphatic heterocycles. The molecule has 1 nitrogen and oxygen atoms in total. The van der Waals surface area contributed by atoms with Gasteiger partial charge >= 0.3 is 0 Å². The number of benzene rings is 1. The Balaban J connectivity index is 2.13. The van der Waals surface area contributed by atoms with E-state index in [4.69, 9.17) is 5.26 Å². The highest BCUT2D eigenvalue weighted by molar-refractivity contribution is 5.48. The number of nitriles is 1. The van der Waals surface area contributed by atoms with Crippen molar-refractivity contribution in [3.05, 3.63) is 35.1 Å². The van der Waals surface area contributed by atoms with E-state index >= 15 is 0 Å². The van der Waals surface area contributed by atoms with Gasteiger partial charge in [0.15, 0.2) is 0 Å². The molecule has 24 heavy (non-hydrogen) atoms. The topological polar surface area (TPSA) is 23.8 Å². The minimum atomic E-state index is -0.406. The molecule has 1 aromatic carbocycles. The van der Waals surface area contributed by atoms with Gasteiger partial charge in [-0.2, -0.15) is 5.26 Å². The molecule has 0 saturated carbocycles. The summed E-state index contributed by atoms with van der Waals surface area (Å²) in [7, 11) is 0. The van der Waals surface area contributed by atoms with Crippen LogP contribution in [0.5, 0.6) is 0 Å². The van der Waals surface area contributed by atoms with Gasteiger partial charge in [0.05, 0.1) is 11.1 Å². The van der Waals surface area contributed by atoms with Gasteiger partial charge in [0.2, 0.25) is 0 Å². The van der Waals surface area contributed by atoms with E-state index in [1.807, 2.05) is 6.07 Å². The fourth-order valence-electron chi connectivity index (χ4n) is 2.65. The molecule has 0 unspecified atom stereocenters. The molecule has 0 saturated heterocycles. The molecule has 0 aromatic heterocycles. The van der Waals surface area contributed by atoms with Gasteiger partial charge in [-0.05, 0) is 30.4 Å². The third-order valence-corrected chi connectivity index (χ3v) is 4.08. The number of unbranched alkanes of at least 4 members (excludes halogenated alkanes) is 7. The third-order valence-electron chi connectivity index (χ3n) is 4.08. The first-order chi connectivity index (χ1) is 11.4. The molecule has 0 radical (unpaired) electrons. The highest BCUT2D eigenvalue weighted by atomic mass is 19.1. The van der Waals surface area contributed by atoms with Gasteiger partial charge in [0.25, 0.3) is 0 Å². The molecule has 0 amide bonds. The van der Waals surface area contributed by atoms with Crippen LogP contribution in [0.3, 0.4) is 0 Å². The van der Waals surface area contributed by atoms with Crippen molar-refractivity contribution in [1.29, 1.82) is 5.26 Å². The summed E-state index contributed by atoms with van der Waals surface area (Å²) in [6, 6.07) is 6.49. The van der Waals surface area contributed by atoms with Gasteiger partial charge in [-0.3, -0.25) is 0 Å². The highest BCUT2D eigenvalue weighted by Crippen LogP contribution is 2.22. The molecule has 1 aromatic rings. The van der Waals surface area contributed by atoms with Crippen LogP contribution in [0, 0.1) is 34.4 Å². The number of hydrogen-bond donors (Lipinski definition) is 0. The Hall–Kier alpha value is -1.80. The summed E-state index contributed by atoms with van der Waals surface area (Å²) in [5, 5.41) is 8.96. The van der Waals surface area contributed by atoms with Crippen molar-refractivity contribution >= 4 is 0 Å². The zero-order valence-corrected chi connectivity index (χ0v) is 15.4. The smallest absolute Gasteiger partial charge is 0.140 e.